The number of carbonyl (C=O) groups is 1. The third-order valence-corrected chi connectivity index (χ3v) is 3.01. The quantitative estimate of drug-likeness (QED) is 0.851. The van der Waals surface area contributed by atoms with Crippen molar-refractivity contribution in [2.75, 3.05) is 6.61 Å². The lowest BCUT2D eigenvalue weighted by Gasteiger charge is -2.16. The van der Waals surface area contributed by atoms with E-state index >= 15 is 0 Å². The molecule has 1 aromatic rings. The summed E-state index contributed by atoms with van der Waals surface area (Å²) in [6, 6.07) is 3.98. The first kappa shape index (κ1) is 12.2. The van der Waals surface area contributed by atoms with Crippen LogP contribution in [0.2, 0.25) is 0 Å². The number of nitrogens with one attached hydrogen (secondary N) is 1. The Morgan fingerprint density at radius 2 is 2.53 bits per heavy atom. The molecule has 1 aromatic heterocycles. The molecule has 17 heavy (non-hydrogen) atoms. The molecule has 4 heteroatoms. The van der Waals surface area contributed by atoms with Crippen LogP contribution in [0, 0.1) is 0 Å². The molecule has 4 nitrogen and oxygen atoms in total. The van der Waals surface area contributed by atoms with Gasteiger partial charge < -0.3 is 14.5 Å². The molecule has 2 unspecified atom stereocenters. The van der Waals surface area contributed by atoms with Crippen LogP contribution < -0.4 is 5.32 Å². The van der Waals surface area contributed by atoms with Crippen LogP contribution in [-0.2, 0) is 16.0 Å². The zero-order chi connectivity index (χ0) is 12.1. The van der Waals surface area contributed by atoms with Crippen molar-refractivity contribution >= 4 is 5.91 Å². The van der Waals surface area contributed by atoms with Crippen molar-refractivity contribution in [1.82, 2.24) is 5.32 Å². The predicted molar refractivity (Wildman–Crippen MR) is 63.6 cm³/mol. The Morgan fingerprint density at radius 3 is 3.18 bits per heavy atom. The van der Waals surface area contributed by atoms with E-state index in [0.717, 1.165) is 31.4 Å². The summed E-state index contributed by atoms with van der Waals surface area (Å²) in [5.41, 5.74) is 0. The number of aryl methyl sites for hydroxylation is 1. The molecule has 1 aliphatic rings. The molecule has 1 fully saturated rings. The molecule has 1 aliphatic heterocycles. The van der Waals surface area contributed by atoms with Gasteiger partial charge in [-0.15, -0.1) is 0 Å². The summed E-state index contributed by atoms with van der Waals surface area (Å²) >= 11 is 0. The van der Waals surface area contributed by atoms with Crippen molar-refractivity contribution in [1.29, 1.82) is 0 Å². The number of hydrogen-bond donors (Lipinski definition) is 1. The van der Waals surface area contributed by atoms with Gasteiger partial charge in [0.1, 0.15) is 11.9 Å². The number of rotatable bonds is 5. The lowest BCUT2D eigenvalue weighted by molar-refractivity contribution is -0.130. The zero-order valence-electron chi connectivity index (χ0n) is 10.1. The predicted octanol–water partition coefficient (Wildman–Crippen LogP) is 1.90. The maximum atomic E-state index is 11.8. The molecule has 0 bridgehead atoms. The standard InChI is InChI=1S/C13H19NO3/c1-10(6-7-11-4-2-8-16-11)14-13(15)12-5-3-9-17-12/h2,4,8,10,12H,3,5-7,9H2,1H3,(H,14,15). The molecule has 0 aromatic carbocycles. The van der Waals surface area contributed by atoms with Gasteiger partial charge in [-0.1, -0.05) is 0 Å². The van der Waals surface area contributed by atoms with Crippen molar-refractivity contribution in [2.24, 2.45) is 0 Å². The molecule has 0 aliphatic carbocycles. The van der Waals surface area contributed by atoms with Gasteiger partial charge in [0.05, 0.1) is 6.26 Å². The van der Waals surface area contributed by atoms with E-state index in [9.17, 15) is 4.79 Å². The largest absolute Gasteiger partial charge is 0.469 e. The smallest absolute Gasteiger partial charge is 0.249 e. The van der Waals surface area contributed by atoms with Crippen LogP contribution >= 0.6 is 0 Å². The summed E-state index contributed by atoms with van der Waals surface area (Å²) in [6.45, 7) is 2.72. The van der Waals surface area contributed by atoms with Crippen LogP contribution in [0.15, 0.2) is 22.8 Å². The van der Waals surface area contributed by atoms with Crippen LogP contribution in [0.25, 0.3) is 0 Å². The molecule has 1 amide bonds. The van der Waals surface area contributed by atoms with Gasteiger partial charge in [-0.25, -0.2) is 0 Å². The Hall–Kier alpha value is -1.29. The lowest BCUT2D eigenvalue weighted by Crippen LogP contribution is -2.39. The van der Waals surface area contributed by atoms with Gasteiger partial charge in [0.2, 0.25) is 5.91 Å². The second-order valence-electron chi connectivity index (χ2n) is 4.53. The van der Waals surface area contributed by atoms with Crippen molar-refractivity contribution in [3.63, 3.8) is 0 Å². The number of ether oxygens (including phenoxy) is 1. The highest BCUT2D eigenvalue weighted by Crippen LogP contribution is 2.12. The van der Waals surface area contributed by atoms with E-state index in [2.05, 4.69) is 5.32 Å². The van der Waals surface area contributed by atoms with Crippen LogP contribution in [0.4, 0.5) is 0 Å². The second kappa shape index (κ2) is 5.87. The summed E-state index contributed by atoms with van der Waals surface area (Å²) in [7, 11) is 0. The molecule has 0 saturated carbocycles. The second-order valence-corrected chi connectivity index (χ2v) is 4.53. The average Bonchev–Trinajstić information content (AvgIpc) is 2.99. The van der Waals surface area contributed by atoms with E-state index in [0.29, 0.717) is 6.61 Å². The number of amides is 1. The maximum absolute atomic E-state index is 11.8. The van der Waals surface area contributed by atoms with Crippen molar-refractivity contribution < 1.29 is 13.9 Å². The Kier molecular flexibility index (Phi) is 4.20. The van der Waals surface area contributed by atoms with Crippen molar-refractivity contribution in [3.05, 3.63) is 24.2 Å². The van der Waals surface area contributed by atoms with Crippen LogP contribution in [-0.4, -0.2) is 24.7 Å². The molecule has 2 rings (SSSR count). The Morgan fingerprint density at radius 1 is 1.65 bits per heavy atom. The van der Waals surface area contributed by atoms with Gasteiger partial charge in [0, 0.05) is 19.1 Å². The molecule has 0 radical (unpaired) electrons. The van der Waals surface area contributed by atoms with Crippen LogP contribution in [0.1, 0.15) is 31.9 Å². The Balaban J connectivity index is 1.69. The van der Waals surface area contributed by atoms with Gasteiger partial charge >= 0.3 is 0 Å². The average molecular weight is 237 g/mol. The summed E-state index contributed by atoms with van der Waals surface area (Å²) < 4.78 is 10.6. The first-order chi connectivity index (χ1) is 8.25. The number of carbonyl (C=O) groups excluding carboxylic acids is 1. The monoisotopic (exact) mass is 237 g/mol. The van der Waals surface area contributed by atoms with Crippen molar-refractivity contribution in [2.45, 2.75) is 44.8 Å². The number of furan rings is 1. The molecular formula is C13H19NO3. The molecule has 2 atom stereocenters. The molecule has 0 spiro atoms. The normalized spacial score (nSPS) is 21.4. The van der Waals surface area contributed by atoms with Gasteiger partial charge in [0.25, 0.3) is 0 Å². The van der Waals surface area contributed by atoms with E-state index in [1.54, 1.807) is 6.26 Å². The van der Waals surface area contributed by atoms with Gasteiger partial charge in [-0.05, 0) is 38.3 Å². The fourth-order valence-corrected chi connectivity index (χ4v) is 2.01. The molecule has 1 N–H and O–H groups in total. The van der Waals surface area contributed by atoms with E-state index < -0.39 is 0 Å². The Bertz CT molecular complexity index is 342. The highest BCUT2D eigenvalue weighted by Gasteiger charge is 2.24. The van der Waals surface area contributed by atoms with E-state index in [1.165, 1.54) is 0 Å². The topological polar surface area (TPSA) is 51.5 Å². The minimum absolute atomic E-state index is 0.0226. The highest BCUT2D eigenvalue weighted by molar-refractivity contribution is 5.81. The third-order valence-electron chi connectivity index (χ3n) is 3.01. The SMILES string of the molecule is CC(CCc1ccco1)NC(=O)C1CCCO1. The van der Waals surface area contributed by atoms with Crippen LogP contribution in [0.5, 0.6) is 0 Å². The fraction of sp³-hybridized carbons (Fsp3) is 0.615. The third kappa shape index (κ3) is 3.60. The highest BCUT2D eigenvalue weighted by atomic mass is 16.5. The van der Waals surface area contributed by atoms with E-state index in [1.807, 2.05) is 19.1 Å². The Labute approximate surface area is 101 Å². The minimum atomic E-state index is -0.235. The summed E-state index contributed by atoms with van der Waals surface area (Å²) in [6.07, 6.45) is 4.99. The molecule has 2 heterocycles. The molecule has 94 valence electrons. The maximum Gasteiger partial charge on any atom is 0.249 e. The van der Waals surface area contributed by atoms with Gasteiger partial charge in [-0.2, -0.15) is 0 Å². The number of hydrogen-bond acceptors (Lipinski definition) is 3. The zero-order valence-corrected chi connectivity index (χ0v) is 10.1. The summed E-state index contributed by atoms with van der Waals surface area (Å²) in [5, 5.41) is 2.98. The first-order valence-electron chi connectivity index (χ1n) is 6.20. The lowest BCUT2D eigenvalue weighted by atomic mass is 10.1. The first-order valence-corrected chi connectivity index (χ1v) is 6.20. The molecular weight excluding hydrogens is 218 g/mol. The summed E-state index contributed by atoms with van der Waals surface area (Å²) in [5.74, 6) is 0.984. The van der Waals surface area contributed by atoms with Gasteiger partial charge in [-0.3, -0.25) is 4.79 Å². The van der Waals surface area contributed by atoms with Gasteiger partial charge in [0.15, 0.2) is 0 Å². The van der Waals surface area contributed by atoms with Crippen molar-refractivity contribution in [3.8, 4) is 0 Å². The molecule has 1 saturated heterocycles. The van der Waals surface area contributed by atoms with Crippen LogP contribution in [0.3, 0.4) is 0 Å². The minimum Gasteiger partial charge on any atom is -0.469 e. The van der Waals surface area contributed by atoms with E-state index in [-0.39, 0.29) is 18.1 Å². The van der Waals surface area contributed by atoms with E-state index in [4.69, 9.17) is 9.15 Å². The fourth-order valence-electron chi connectivity index (χ4n) is 2.01. The summed E-state index contributed by atoms with van der Waals surface area (Å²) in [4.78, 5) is 11.8.